The fraction of sp³-hybridized carbons (Fsp3) is 0.545. The molecule has 192 valence electrons. The quantitative estimate of drug-likeness (QED) is 0.107. The Bertz CT molecular complexity index is 783. The summed E-state index contributed by atoms with van der Waals surface area (Å²) in [7, 11) is 0. The molecule has 2 N–H and O–H groups in total. The molecule has 0 spiro atoms. The topological polar surface area (TPSA) is 164 Å². The van der Waals surface area contributed by atoms with E-state index in [0.29, 0.717) is 0 Å². The average Bonchev–Trinajstić information content (AvgIpc) is 2.77. The van der Waals surface area contributed by atoms with Crippen LogP contribution in [0.5, 0.6) is 0 Å². The Balaban J connectivity index is 4.65. The minimum atomic E-state index is -1.23. The molecule has 0 fully saturated rings. The first-order valence-electron chi connectivity index (χ1n) is 10.0. The van der Waals surface area contributed by atoms with Crippen molar-refractivity contribution in [1.82, 2.24) is 0 Å². The van der Waals surface area contributed by atoms with E-state index in [2.05, 4.69) is 29.5 Å². The maximum absolute atomic E-state index is 12.4. The highest BCUT2D eigenvalue weighted by Gasteiger charge is 2.33. The van der Waals surface area contributed by atoms with Gasteiger partial charge in [0.25, 0.3) is 0 Å². The van der Waals surface area contributed by atoms with Crippen molar-refractivity contribution in [3.63, 3.8) is 0 Å². The van der Waals surface area contributed by atoms with Gasteiger partial charge in [-0.25, -0.2) is 24.2 Å². The first kappa shape index (κ1) is 30.9. The van der Waals surface area contributed by atoms with Crippen LogP contribution >= 0.6 is 0 Å². The summed E-state index contributed by atoms with van der Waals surface area (Å²) in [6.07, 6.45) is -2.44. The van der Waals surface area contributed by atoms with Gasteiger partial charge in [0.05, 0.1) is 5.41 Å². The van der Waals surface area contributed by atoms with Gasteiger partial charge in [0, 0.05) is 16.7 Å². The number of hydrogen-bond acceptors (Lipinski definition) is 12. The van der Waals surface area contributed by atoms with E-state index in [0.717, 1.165) is 0 Å². The zero-order valence-electron chi connectivity index (χ0n) is 19.8. The summed E-state index contributed by atoms with van der Waals surface area (Å²) in [4.78, 5) is 55.6. The van der Waals surface area contributed by atoms with Crippen LogP contribution in [0.4, 0.5) is 0 Å². The molecule has 0 saturated heterocycles. The Kier molecular flexibility index (Phi) is 13.6. The van der Waals surface area contributed by atoms with Crippen LogP contribution in [-0.2, 0) is 47.9 Å². The lowest BCUT2D eigenvalue weighted by Crippen LogP contribution is -2.34. The number of rotatable bonds is 16. The Morgan fingerprint density at radius 2 is 1.06 bits per heavy atom. The lowest BCUT2D eigenvalue weighted by Gasteiger charge is -2.24. The number of hydrogen-bond donors (Lipinski definition) is 2. The molecule has 0 aromatic carbocycles. The summed E-state index contributed by atoms with van der Waals surface area (Å²) in [5.41, 5.74) is -1.03. The van der Waals surface area contributed by atoms with Crippen molar-refractivity contribution in [3.05, 3.63) is 36.5 Å². The summed E-state index contributed by atoms with van der Waals surface area (Å²) in [6, 6.07) is 0. The van der Waals surface area contributed by atoms with Gasteiger partial charge in [-0.3, -0.25) is 15.3 Å². The van der Waals surface area contributed by atoms with Crippen molar-refractivity contribution in [2.24, 2.45) is 5.41 Å². The molecule has 0 aromatic rings. The van der Waals surface area contributed by atoms with Crippen LogP contribution in [0.1, 0.15) is 34.1 Å². The molecule has 2 unspecified atom stereocenters. The number of esters is 4. The SMILES string of the molecule is C=C(C)C(=O)OCC(COC(=O)C(=C)CC(C)(C)C(=O)OCC(COC(=O)C(=C)C)OO)OO. The third-order valence-corrected chi connectivity index (χ3v) is 4.09. The highest BCUT2D eigenvalue weighted by Crippen LogP contribution is 2.27. The van der Waals surface area contributed by atoms with Crippen LogP contribution in [0.25, 0.3) is 0 Å². The number of carbonyl (C=O) groups excluding carboxylic acids is 4. The van der Waals surface area contributed by atoms with E-state index in [4.69, 9.17) is 29.5 Å². The molecular weight excluding hydrogens is 456 g/mol. The van der Waals surface area contributed by atoms with Crippen molar-refractivity contribution in [2.45, 2.75) is 46.3 Å². The molecule has 0 saturated carbocycles. The lowest BCUT2D eigenvalue weighted by molar-refractivity contribution is -0.292. The highest BCUT2D eigenvalue weighted by molar-refractivity contribution is 5.89. The smallest absolute Gasteiger partial charge is 0.333 e. The monoisotopic (exact) mass is 488 g/mol. The predicted molar refractivity (Wildman–Crippen MR) is 116 cm³/mol. The van der Waals surface area contributed by atoms with Gasteiger partial charge in [-0.1, -0.05) is 19.7 Å². The van der Waals surface area contributed by atoms with Crippen LogP contribution in [-0.4, -0.2) is 73.0 Å². The first-order chi connectivity index (χ1) is 15.7. The van der Waals surface area contributed by atoms with Crippen LogP contribution in [0.15, 0.2) is 36.5 Å². The van der Waals surface area contributed by atoms with Crippen molar-refractivity contribution in [1.29, 1.82) is 0 Å². The number of ether oxygens (including phenoxy) is 4. The maximum atomic E-state index is 12.4. The molecule has 0 aliphatic heterocycles. The van der Waals surface area contributed by atoms with Crippen LogP contribution in [0.2, 0.25) is 0 Å². The van der Waals surface area contributed by atoms with Gasteiger partial charge in [-0.15, -0.1) is 0 Å². The molecule has 12 nitrogen and oxygen atoms in total. The molecule has 34 heavy (non-hydrogen) atoms. The fourth-order valence-electron chi connectivity index (χ4n) is 2.11. The van der Waals surface area contributed by atoms with E-state index < -0.39 is 61.3 Å². The molecule has 0 aromatic heterocycles. The summed E-state index contributed by atoms with van der Waals surface area (Å²) in [5.74, 6) is -3.04. The molecular formula is C22H32O12. The largest absolute Gasteiger partial charge is 0.462 e. The first-order valence-corrected chi connectivity index (χ1v) is 10.0. The Morgan fingerprint density at radius 3 is 1.41 bits per heavy atom. The van der Waals surface area contributed by atoms with E-state index >= 15 is 0 Å². The zero-order valence-corrected chi connectivity index (χ0v) is 19.8. The van der Waals surface area contributed by atoms with Crippen LogP contribution in [0, 0.1) is 5.41 Å². The normalized spacial score (nSPS) is 12.6. The van der Waals surface area contributed by atoms with Gasteiger partial charge >= 0.3 is 23.9 Å². The summed E-state index contributed by atoms with van der Waals surface area (Å²) < 4.78 is 19.7. The van der Waals surface area contributed by atoms with Gasteiger partial charge in [0.15, 0.2) is 12.2 Å². The van der Waals surface area contributed by atoms with Gasteiger partial charge in [0.1, 0.15) is 26.4 Å². The Labute approximate surface area is 197 Å². The Hall–Kier alpha value is -3.06. The molecule has 2 atom stereocenters. The van der Waals surface area contributed by atoms with Crippen LogP contribution < -0.4 is 0 Å². The summed E-state index contributed by atoms with van der Waals surface area (Å²) >= 11 is 0. The second-order valence-electron chi connectivity index (χ2n) is 8.07. The van der Waals surface area contributed by atoms with E-state index in [9.17, 15) is 19.2 Å². The van der Waals surface area contributed by atoms with E-state index in [1.807, 2.05) is 0 Å². The predicted octanol–water partition coefficient (Wildman–Crippen LogP) is 2.00. The second-order valence-corrected chi connectivity index (χ2v) is 8.07. The molecule has 0 aliphatic rings. The van der Waals surface area contributed by atoms with Crippen molar-refractivity contribution < 1.29 is 58.4 Å². The molecule has 0 amide bonds. The van der Waals surface area contributed by atoms with Gasteiger partial charge in [-0.05, 0) is 34.1 Å². The molecule has 0 aliphatic carbocycles. The third kappa shape index (κ3) is 11.7. The fourth-order valence-corrected chi connectivity index (χ4v) is 2.11. The van der Waals surface area contributed by atoms with Gasteiger partial charge in [0.2, 0.25) is 0 Å². The third-order valence-electron chi connectivity index (χ3n) is 4.09. The molecule has 0 bridgehead atoms. The minimum absolute atomic E-state index is 0.0806. The second kappa shape index (κ2) is 15.0. The van der Waals surface area contributed by atoms with Crippen LogP contribution in [0.3, 0.4) is 0 Å². The van der Waals surface area contributed by atoms with Crippen molar-refractivity contribution in [2.75, 3.05) is 26.4 Å². The average molecular weight is 488 g/mol. The molecule has 0 radical (unpaired) electrons. The standard InChI is InChI=1S/C22H32O12/c1-13(2)18(23)29-9-16(33-27)11-31-20(25)15(5)8-22(6,7)21(26)32-12-17(34-28)10-30-19(24)14(3)4/h16-17,27-28H,1,3,5,8-12H2,2,4,6-7H3. The molecule has 0 rings (SSSR count). The summed E-state index contributed by atoms with van der Waals surface area (Å²) in [5, 5.41) is 17.8. The van der Waals surface area contributed by atoms with Crippen molar-refractivity contribution >= 4 is 23.9 Å². The highest BCUT2D eigenvalue weighted by atomic mass is 17.1. The molecule has 0 heterocycles. The van der Waals surface area contributed by atoms with Gasteiger partial charge in [-0.2, -0.15) is 0 Å². The van der Waals surface area contributed by atoms with Crippen molar-refractivity contribution in [3.8, 4) is 0 Å². The lowest BCUT2D eigenvalue weighted by atomic mass is 9.86. The van der Waals surface area contributed by atoms with E-state index in [1.165, 1.54) is 27.7 Å². The molecule has 12 heteroatoms. The number of carbonyl (C=O) groups is 4. The minimum Gasteiger partial charge on any atom is -0.462 e. The maximum Gasteiger partial charge on any atom is 0.333 e. The van der Waals surface area contributed by atoms with Gasteiger partial charge < -0.3 is 18.9 Å². The zero-order chi connectivity index (χ0) is 26.5. The Morgan fingerprint density at radius 1 is 0.706 bits per heavy atom. The summed E-state index contributed by atoms with van der Waals surface area (Å²) in [6.45, 7) is 14.6. The van der Waals surface area contributed by atoms with E-state index in [1.54, 1.807) is 0 Å². The van der Waals surface area contributed by atoms with E-state index in [-0.39, 0.29) is 29.7 Å².